The fraction of sp³-hybridized carbons (Fsp3) is 0.0526. The molecule has 0 aliphatic carbocycles. The summed E-state index contributed by atoms with van der Waals surface area (Å²) in [4.78, 5) is 0. The van der Waals surface area contributed by atoms with Crippen molar-refractivity contribution in [2.24, 2.45) is 0 Å². The van der Waals surface area contributed by atoms with E-state index in [4.69, 9.17) is 0 Å². The number of benzene rings is 3. The van der Waals surface area contributed by atoms with Gasteiger partial charge in [-0.25, -0.2) is 5.43 Å². The van der Waals surface area contributed by atoms with Crippen molar-refractivity contribution in [2.45, 2.75) is 6.54 Å². The SMILES string of the molecule is Oc1cccc(-c2ccc(CNNc3ccccc3)cc2)c1. The third kappa shape index (κ3) is 3.65. The number of nitrogens with one attached hydrogen (secondary N) is 2. The summed E-state index contributed by atoms with van der Waals surface area (Å²) in [7, 11) is 0. The Labute approximate surface area is 130 Å². The summed E-state index contributed by atoms with van der Waals surface area (Å²) in [6.45, 7) is 0.731. The van der Waals surface area contributed by atoms with Gasteiger partial charge in [-0.05, 0) is 41.0 Å². The summed E-state index contributed by atoms with van der Waals surface area (Å²) < 4.78 is 0. The van der Waals surface area contributed by atoms with Gasteiger partial charge in [-0.3, -0.25) is 0 Å². The van der Waals surface area contributed by atoms with Crippen LogP contribution in [0.25, 0.3) is 11.1 Å². The first-order valence-electron chi connectivity index (χ1n) is 7.23. The average Bonchev–Trinajstić information content (AvgIpc) is 2.56. The van der Waals surface area contributed by atoms with Gasteiger partial charge in [0.2, 0.25) is 0 Å². The molecule has 0 aliphatic heterocycles. The Morgan fingerprint density at radius 2 is 1.50 bits per heavy atom. The molecule has 0 bridgehead atoms. The summed E-state index contributed by atoms with van der Waals surface area (Å²) >= 11 is 0. The lowest BCUT2D eigenvalue weighted by Crippen LogP contribution is -2.20. The normalized spacial score (nSPS) is 10.4. The number of anilines is 1. The van der Waals surface area contributed by atoms with E-state index in [1.54, 1.807) is 12.1 Å². The Kier molecular flexibility index (Phi) is 4.37. The van der Waals surface area contributed by atoms with E-state index in [-0.39, 0.29) is 5.75 Å². The van der Waals surface area contributed by atoms with E-state index in [1.807, 2.05) is 42.5 Å². The van der Waals surface area contributed by atoms with Crippen molar-refractivity contribution < 1.29 is 5.11 Å². The molecule has 3 aromatic carbocycles. The van der Waals surface area contributed by atoms with E-state index in [2.05, 4.69) is 35.1 Å². The van der Waals surface area contributed by atoms with Gasteiger partial charge >= 0.3 is 0 Å². The number of rotatable bonds is 5. The predicted molar refractivity (Wildman–Crippen MR) is 90.4 cm³/mol. The van der Waals surface area contributed by atoms with Crippen LogP contribution < -0.4 is 10.9 Å². The molecule has 0 atom stereocenters. The van der Waals surface area contributed by atoms with Gasteiger partial charge in [0.1, 0.15) is 5.75 Å². The lowest BCUT2D eigenvalue weighted by molar-refractivity contribution is 0.475. The molecule has 0 heterocycles. The summed E-state index contributed by atoms with van der Waals surface area (Å²) in [6, 6.07) is 25.6. The van der Waals surface area contributed by atoms with Crippen molar-refractivity contribution in [3.63, 3.8) is 0 Å². The second-order valence-corrected chi connectivity index (χ2v) is 5.09. The first kappa shape index (κ1) is 14.2. The van der Waals surface area contributed by atoms with Crippen molar-refractivity contribution in [1.82, 2.24) is 5.43 Å². The van der Waals surface area contributed by atoms with Crippen LogP contribution in [0.4, 0.5) is 5.69 Å². The highest BCUT2D eigenvalue weighted by Crippen LogP contribution is 2.23. The second-order valence-electron chi connectivity index (χ2n) is 5.09. The molecule has 0 radical (unpaired) electrons. The van der Waals surface area contributed by atoms with E-state index in [0.717, 1.165) is 23.4 Å². The molecule has 3 nitrogen and oxygen atoms in total. The van der Waals surface area contributed by atoms with Crippen LogP contribution in [0, 0.1) is 0 Å². The molecule has 3 heteroatoms. The highest BCUT2D eigenvalue weighted by atomic mass is 16.3. The predicted octanol–water partition coefficient (Wildman–Crippen LogP) is 4.18. The maximum Gasteiger partial charge on any atom is 0.116 e. The van der Waals surface area contributed by atoms with Crippen molar-refractivity contribution in [1.29, 1.82) is 0 Å². The first-order chi connectivity index (χ1) is 10.8. The number of hydrazine groups is 1. The van der Waals surface area contributed by atoms with Crippen LogP contribution >= 0.6 is 0 Å². The fourth-order valence-electron chi connectivity index (χ4n) is 2.27. The zero-order valence-corrected chi connectivity index (χ0v) is 12.2. The smallest absolute Gasteiger partial charge is 0.116 e. The van der Waals surface area contributed by atoms with E-state index >= 15 is 0 Å². The van der Waals surface area contributed by atoms with Gasteiger partial charge in [-0.2, -0.15) is 0 Å². The minimum absolute atomic E-state index is 0.287. The zero-order valence-electron chi connectivity index (χ0n) is 12.2. The van der Waals surface area contributed by atoms with Gasteiger partial charge < -0.3 is 10.5 Å². The van der Waals surface area contributed by atoms with Crippen LogP contribution in [0.15, 0.2) is 78.9 Å². The molecule has 0 fully saturated rings. The van der Waals surface area contributed by atoms with Crippen LogP contribution in [0.2, 0.25) is 0 Å². The molecule has 0 saturated carbocycles. The molecular formula is C19H18N2O. The van der Waals surface area contributed by atoms with Crippen molar-refractivity contribution in [2.75, 3.05) is 5.43 Å². The van der Waals surface area contributed by atoms with Crippen LogP contribution in [-0.4, -0.2) is 5.11 Å². The van der Waals surface area contributed by atoms with E-state index in [0.29, 0.717) is 0 Å². The Morgan fingerprint density at radius 1 is 0.727 bits per heavy atom. The molecule has 22 heavy (non-hydrogen) atoms. The third-order valence-electron chi connectivity index (χ3n) is 3.43. The first-order valence-corrected chi connectivity index (χ1v) is 7.23. The molecule has 0 aromatic heterocycles. The number of phenols is 1. The number of hydrogen-bond acceptors (Lipinski definition) is 3. The summed E-state index contributed by atoms with van der Waals surface area (Å²) in [5.41, 5.74) is 10.7. The largest absolute Gasteiger partial charge is 0.508 e. The minimum Gasteiger partial charge on any atom is -0.508 e. The van der Waals surface area contributed by atoms with Crippen molar-refractivity contribution in [3.05, 3.63) is 84.4 Å². The van der Waals surface area contributed by atoms with Gasteiger partial charge in [0.15, 0.2) is 0 Å². The van der Waals surface area contributed by atoms with Crippen LogP contribution in [0.3, 0.4) is 0 Å². The van der Waals surface area contributed by atoms with Gasteiger partial charge in [-0.15, -0.1) is 0 Å². The van der Waals surface area contributed by atoms with Gasteiger partial charge in [0, 0.05) is 12.2 Å². The molecule has 0 amide bonds. The Bertz CT molecular complexity index is 724. The van der Waals surface area contributed by atoms with Crippen molar-refractivity contribution in [3.8, 4) is 16.9 Å². The molecule has 3 aromatic rings. The van der Waals surface area contributed by atoms with Crippen LogP contribution in [0.5, 0.6) is 5.75 Å². The maximum atomic E-state index is 9.54. The molecule has 0 spiro atoms. The number of hydrogen-bond donors (Lipinski definition) is 3. The minimum atomic E-state index is 0.287. The fourth-order valence-corrected chi connectivity index (χ4v) is 2.27. The topological polar surface area (TPSA) is 44.3 Å². The second kappa shape index (κ2) is 6.78. The molecule has 3 rings (SSSR count). The molecule has 0 saturated heterocycles. The number of phenolic OH excluding ortho intramolecular Hbond substituents is 1. The molecule has 0 unspecified atom stereocenters. The lowest BCUT2D eigenvalue weighted by Gasteiger charge is -2.09. The summed E-state index contributed by atoms with van der Waals surface area (Å²) in [6.07, 6.45) is 0. The number of para-hydroxylation sites is 1. The highest BCUT2D eigenvalue weighted by molar-refractivity contribution is 5.65. The monoisotopic (exact) mass is 290 g/mol. The van der Waals surface area contributed by atoms with E-state index < -0.39 is 0 Å². The Hall–Kier alpha value is -2.78. The quantitative estimate of drug-likeness (QED) is 0.618. The van der Waals surface area contributed by atoms with Gasteiger partial charge in [-0.1, -0.05) is 54.6 Å². The maximum absolute atomic E-state index is 9.54. The third-order valence-corrected chi connectivity index (χ3v) is 3.43. The summed E-state index contributed by atoms with van der Waals surface area (Å²) in [5.74, 6) is 0.287. The van der Waals surface area contributed by atoms with E-state index in [9.17, 15) is 5.11 Å². The van der Waals surface area contributed by atoms with Crippen LogP contribution in [-0.2, 0) is 6.54 Å². The Balaban J connectivity index is 1.60. The van der Waals surface area contributed by atoms with Gasteiger partial charge in [0.05, 0.1) is 0 Å². The lowest BCUT2D eigenvalue weighted by atomic mass is 10.0. The van der Waals surface area contributed by atoms with Gasteiger partial charge in [0.25, 0.3) is 0 Å². The average molecular weight is 290 g/mol. The zero-order chi connectivity index (χ0) is 15.2. The summed E-state index contributed by atoms with van der Waals surface area (Å²) in [5, 5.41) is 9.54. The van der Waals surface area contributed by atoms with Crippen LogP contribution in [0.1, 0.15) is 5.56 Å². The molecule has 3 N–H and O–H groups in total. The van der Waals surface area contributed by atoms with Crippen molar-refractivity contribution >= 4 is 5.69 Å². The highest BCUT2D eigenvalue weighted by Gasteiger charge is 1.99. The number of aromatic hydroxyl groups is 1. The standard InChI is InChI=1S/C19H18N2O/c22-19-8-4-5-17(13-19)16-11-9-15(10-12-16)14-20-21-18-6-2-1-3-7-18/h1-13,20-22H,14H2. The molecular weight excluding hydrogens is 272 g/mol. The molecule has 110 valence electrons. The Morgan fingerprint density at radius 3 is 2.23 bits per heavy atom. The van der Waals surface area contributed by atoms with E-state index in [1.165, 1.54) is 5.56 Å². The molecule has 0 aliphatic rings.